The Bertz CT molecular complexity index is 251. The maximum atomic E-state index is 3.75. The summed E-state index contributed by atoms with van der Waals surface area (Å²) >= 11 is 0. The molecule has 0 aliphatic carbocycles. The van der Waals surface area contributed by atoms with Gasteiger partial charge in [0.05, 0.1) is 0 Å². The highest BCUT2D eigenvalue weighted by atomic mass is 14.0. The largest absolute Gasteiger partial charge is 0.102 e. The molecular weight excluding hydrogens is 168 g/mol. The molecule has 1 unspecified atom stereocenters. The molecule has 14 heavy (non-hydrogen) atoms. The normalized spacial score (nSPS) is 16.0. The summed E-state index contributed by atoms with van der Waals surface area (Å²) in [5.41, 5.74) is 2.77. The van der Waals surface area contributed by atoms with Gasteiger partial charge in [-0.2, -0.15) is 0 Å². The van der Waals surface area contributed by atoms with Gasteiger partial charge in [0.1, 0.15) is 0 Å². The van der Waals surface area contributed by atoms with Gasteiger partial charge in [0, 0.05) is 0 Å². The number of rotatable bonds is 5. The second-order valence-corrected chi connectivity index (χ2v) is 3.50. The van der Waals surface area contributed by atoms with Crippen molar-refractivity contribution in [3.63, 3.8) is 0 Å². The first-order valence-corrected chi connectivity index (χ1v) is 5.28. The van der Waals surface area contributed by atoms with E-state index in [2.05, 4.69) is 58.6 Å². The number of hydrogen-bond donors (Lipinski definition) is 0. The summed E-state index contributed by atoms with van der Waals surface area (Å²) in [4.78, 5) is 0. The summed E-state index contributed by atoms with van der Waals surface area (Å²) in [7, 11) is 0. The molecular formula is C14H22. The monoisotopic (exact) mass is 190 g/mol. The van der Waals surface area contributed by atoms with Crippen molar-refractivity contribution in [2.45, 2.75) is 34.1 Å². The maximum absolute atomic E-state index is 3.75. The van der Waals surface area contributed by atoms with Crippen LogP contribution < -0.4 is 0 Å². The van der Waals surface area contributed by atoms with Crippen molar-refractivity contribution in [3.8, 4) is 0 Å². The van der Waals surface area contributed by atoms with Crippen LogP contribution >= 0.6 is 0 Å². The van der Waals surface area contributed by atoms with Crippen LogP contribution in [0, 0.1) is 5.92 Å². The Morgan fingerprint density at radius 3 is 2.50 bits per heavy atom. The maximum Gasteiger partial charge on any atom is -0.00814 e. The topological polar surface area (TPSA) is 0 Å². The van der Waals surface area contributed by atoms with E-state index in [1.54, 1.807) is 0 Å². The molecule has 0 aromatic heterocycles. The summed E-state index contributed by atoms with van der Waals surface area (Å²) in [5, 5.41) is 0. The Morgan fingerprint density at radius 1 is 1.43 bits per heavy atom. The summed E-state index contributed by atoms with van der Waals surface area (Å²) in [5.74, 6) is 0.454. The van der Waals surface area contributed by atoms with Crippen LogP contribution in [0.15, 0.2) is 48.1 Å². The minimum absolute atomic E-state index is 0.454. The Labute approximate surface area is 88.7 Å². The van der Waals surface area contributed by atoms with Crippen molar-refractivity contribution in [2.24, 2.45) is 5.92 Å². The van der Waals surface area contributed by atoms with E-state index in [9.17, 15) is 0 Å². The lowest BCUT2D eigenvalue weighted by molar-refractivity contribution is 0.943. The third-order valence-electron chi connectivity index (χ3n) is 2.40. The van der Waals surface area contributed by atoms with E-state index >= 15 is 0 Å². The van der Waals surface area contributed by atoms with Crippen LogP contribution in [0.5, 0.6) is 0 Å². The highest BCUT2D eigenvalue weighted by Crippen LogP contribution is 2.13. The predicted octanol–water partition coefficient (Wildman–Crippen LogP) is 4.67. The van der Waals surface area contributed by atoms with Gasteiger partial charge in [-0.1, -0.05) is 49.8 Å². The lowest BCUT2D eigenvalue weighted by Gasteiger charge is -2.02. The highest BCUT2D eigenvalue weighted by molar-refractivity contribution is 5.31. The zero-order valence-corrected chi connectivity index (χ0v) is 9.88. The van der Waals surface area contributed by atoms with E-state index < -0.39 is 0 Å². The van der Waals surface area contributed by atoms with Gasteiger partial charge < -0.3 is 0 Å². The first kappa shape index (κ1) is 13.0. The zero-order chi connectivity index (χ0) is 11.0. The molecule has 0 rings (SSSR count). The van der Waals surface area contributed by atoms with E-state index in [1.807, 2.05) is 6.08 Å². The van der Waals surface area contributed by atoms with Crippen LogP contribution in [0.25, 0.3) is 0 Å². The van der Waals surface area contributed by atoms with Crippen LogP contribution in [-0.2, 0) is 0 Å². The molecule has 0 saturated heterocycles. The average molecular weight is 190 g/mol. The molecule has 0 heterocycles. The van der Waals surface area contributed by atoms with Crippen LogP contribution in [0.2, 0.25) is 0 Å². The van der Waals surface area contributed by atoms with Gasteiger partial charge >= 0.3 is 0 Å². The van der Waals surface area contributed by atoms with Gasteiger partial charge in [-0.15, -0.1) is 6.58 Å². The summed E-state index contributed by atoms with van der Waals surface area (Å²) in [6, 6.07) is 0. The number of allylic oxidation sites excluding steroid dienone is 7. The molecule has 78 valence electrons. The van der Waals surface area contributed by atoms with E-state index in [1.165, 1.54) is 11.1 Å². The van der Waals surface area contributed by atoms with E-state index in [0.717, 1.165) is 6.42 Å². The van der Waals surface area contributed by atoms with Crippen LogP contribution in [0.4, 0.5) is 0 Å². The molecule has 0 N–H and O–H groups in total. The summed E-state index contributed by atoms with van der Waals surface area (Å²) < 4.78 is 0. The minimum Gasteiger partial charge on any atom is -0.102 e. The molecule has 0 aliphatic heterocycles. The smallest absolute Gasteiger partial charge is 0.00814 e. The molecule has 0 aliphatic rings. The van der Waals surface area contributed by atoms with Crippen molar-refractivity contribution < 1.29 is 0 Å². The van der Waals surface area contributed by atoms with Gasteiger partial charge in [-0.05, 0) is 31.8 Å². The third-order valence-corrected chi connectivity index (χ3v) is 2.40. The fraction of sp³-hybridized carbons (Fsp3) is 0.429. The quantitative estimate of drug-likeness (QED) is 0.436. The molecule has 0 nitrogen and oxygen atoms in total. The molecule has 0 bridgehead atoms. The van der Waals surface area contributed by atoms with E-state index in [4.69, 9.17) is 0 Å². The standard InChI is InChI=1S/C14H22/c1-6-12(4)10-9-11-14(8-3)13(5)7-2/h6-7,9-12H,1,8H2,2-5H3. The first-order chi connectivity index (χ1) is 6.65. The van der Waals surface area contributed by atoms with Crippen molar-refractivity contribution >= 4 is 0 Å². The van der Waals surface area contributed by atoms with Gasteiger partial charge in [0.25, 0.3) is 0 Å². The van der Waals surface area contributed by atoms with E-state index in [-0.39, 0.29) is 0 Å². The molecule has 0 saturated carbocycles. The Morgan fingerprint density at radius 2 is 2.07 bits per heavy atom. The molecule has 1 atom stereocenters. The van der Waals surface area contributed by atoms with Gasteiger partial charge in [-0.25, -0.2) is 0 Å². The Balaban J connectivity index is 4.47. The number of hydrogen-bond acceptors (Lipinski definition) is 0. The van der Waals surface area contributed by atoms with Crippen LogP contribution in [0.1, 0.15) is 34.1 Å². The molecule has 0 fully saturated rings. The third kappa shape index (κ3) is 4.86. The van der Waals surface area contributed by atoms with Crippen LogP contribution in [-0.4, -0.2) is 0 Å². The van der Waals surface area contributed by atoms with Crippen molar-refractivity contribution in [1.82, 2.24) is 0 Å². The molecule has 0 aromatic rings. The minimum atomic E-state index is 0.454. The van der Waals surface area contributed by atoms with Crippen molar-refractivity contribution in [2.75, 3.05) is 0 Å². The van der Waals surface area contributed by atoms with Gasteiger partial charge in [0.2, 0.25) is 0 Å². The van der Waals surface area contributed by atoms with Gasteiger partial charge in [-0.3, -0.25) is 0 Å². The SMILES string of the molecule is C=CC(C)C=CC=C(CC)C(C)=CC. The highest BCUT2D eigenvalue weighted by Gasteiger charge is 1.93. The Hall–Kier alpha value is -1.04. The second kappa shape index (κ2) is 7.37. The van der Waals surface area contributed by atoms with Crippen LogP contribution in [0.3, 0.4) is 0 Å². The lowest BCUT2D eigenvalue weighted by Crippen LogP contribution is -1.83. The predicted molar refractivity (Wildman–Crippen MR) is 66.3 cm³/mol. The van der Waals surface area contributed by atoms with E-state index in [0.29, 0.717) is 5.92 Å². The molecule has 0 amide bonds. The molecule has 0 radical (unpaired) electrons. The second-order valence-electron chi connectivity index (χ2n) is 3.50. The zero-order valence-electron chi connectivity index (χ0n) is 9.88. The van der Waals surface area contributed by atoms with Crippen molar-refractivity contribution in [3.05, 3.63) is 48.1 Å². The summed E-state index contributed by atoms with van der Waals surface area (Å²) in [6.07, 6.45) is 11.7. The molecule has 0 heteroatoms. The summed E-state index contributed by atoms with van der Waals surface area (Å²) in [6.45, 7) is 12.3. The lowest BCUT2D eigenvalue weighted by atomic mass is 10.0. The molecule has 0 spiro atoms. The molecule has 0 aromatic carbocycles. The Kier molecular flexibility index (Phi) is 6.82. The van der Waals surface area contributed by atoms with Crippen molar-refractivity contribution in [1.29, 1.82) is 0 Å². The van der Waals surface area contributed by atoms with Gasteiger partial charge in [0.15, 0.2) is 0 Å². The first-order valence-electron chi connectivity index (χ1n) is 5.28. The fourth-order valence-corrected chi connectivity index (χ4v) is 1.14. The average Bonchev–Trinajstić information content (AvgIpc) is 2.22. The fourth-order valence-electron chi connectivity index (χ4n) is 1.14.